The van der Waals surface area contributed by atoms with Crippen LogP contribution in [0.3, 0.4) is 0 Å². The van der Waals surface area contributed by atoms with E-state index in [0.717, 1.165) is 28.7 Å². The second kappa shape index (κ2) is 13.3. The summed E-state index contributed by atoms with van der Waals surface area (Å²) >= 11 is 0. The molecule has 0 radical (unpaired) electrons. The largest absolute Gasteiger partial charge is 0.508 e. The molecule has 2 aromatic rings. The van der Waals surface area contributed by atoms with Gasteiger partial charge in [0.25, 0.3) is 0 Å². The van der Waals surface area contributed by atoms with Crippen LogP contribution in [0.15, 0.2) is 78.0 Å². The second-order valence-corrected chi connectivity index (χ2v) is 13.4. The van der Waals surface area contributed by atoms with Gasteiger partial charge in [0.05, 0.1) is 24.9 Å². The molecule has 220 valence electrons. The highest BCUT2D eigenvalue weighted by molar-refractivity contribution is 8.77. The lowest BCUT2D eigenvalue weighted by Crippen LogP contribution is -2.40. The van der Waals surface area contributed by atoms with Crippen LogP contribution in [-0.2, 0) is 9.59 Å². The van der Waals surface area contributed by atoms with Gasteiger partial charge in [0.1, 0.15) is 11.5 Å². The van der Waals surface area contributed by atoms with Crippen LogP contribution in [0.4, 0.5) is 0 Å². The topological polar surface area (TPSA) is 122 Å². The lowest BCUT2D eigenvalue weighted by molar-refractivity contribution is -0.124. The number of hydrogen-bond donors (Lipinski definition) is 4. The Morgan fingerprint density at radius 2 is 1.93 bits per heavy atom. The number of ketones is 2. The van der Waals surface area contributed by atoms with Gasteiger partial charge in [0.15, 0.2) is 17.3 Å². The number of aromatic hydroxyl groups is 2. The Morgan fingerprint density at radius 1 is 1.10 bits per heavy atom. The number of hydrogen-bond acceptors (Lipinski definition) is 9. The number of phenols is 2. The van der Waals surface area contributed by atoms with Gasteiger partial charge in [-0.25, -0.2) is 0 Å². The van der Waals surface area contributed by atoms with Crippen molar-refractivity contribution in [2.75, 3.05) is 7.11 Å². The van der Waals surface area contributed by atoms with Crippen LogP contribution in [0.1, 0.15) is 60.5 Å². The number of carbonyl (C=O) groups is 2. The first-order valence-electron chi connectivity index (χ1n) is 14.1. The predicted octanol–water partition coefficient (Wildman–Crippen LogP) is 6.31. The van der Waals surface area contributed by atoms with E-state index in [9.17, 15) is 19.8 Å². The van der Waals surface area contributed by atoms with E-state index < -0.39 is 6.17 Å². The molecule has 0 amide bonds. The van der Waals surface area contributed by atoms with Crippen LogP contribution in [0.2, 0.25) is 0 Å². The van der Waals surface area contributed by atoms with E-state index in [1.807, 2.05) is 18.3 Å². The van der Waals surface area contributed by atoms with Gasteiger partial charge in [0.2, 0.25) is 0 Å². The summed E-state index contributed by atoms with van der Waals surface area (Å²) in [5.74, 6) is 0.0665. The quantitative estimate of drug-likeness (QED) is 0.181. The van der Waals surface area contributed by atoms with E-state index in [2.05, 4.69) is 30.5 Å². The fourth-order valence-corrected chi connectivity index (χ4v) is 9.18. The molecule has 5 rings (SSSR count). The monoisotopic (exact) mass is 604 g/mol. The summed E-state index contributed by atoms with van der Waals surface area (Å²) < 4.78 is 5.40. The number of fused-ring (bicyclic) bond motifs is 6. The summed E-state index contributed by atoms with van der Waals surface area (Å²) in [5, 5.41) is 24.4. The number of rotatable bonds is 3. The lowest BCUT2D eigenvalue weighted by atomic mass is 9.83. The number of nitrogens with two attached hydrogens (primary N) is 1. The number of ether oxygens (including phenoxy) is 1. The maximum atomic E-state index is 12.8. The molecular formula is C33H36N2O5S2. The maximum Gasteiger partial charge on any atom is 0.163 e. The van der Waals surface area contributed by atoms with Crippen molar-refractivity contribution in [3.05, 3.63) is 94.7 Å². The summed E-state index contributed by atoms with van der Waals surface area (Å²) in [6, 6.07) is 10.7. The van der Waals surface area contributed by atoms with Crippen LogP contribution >= 0.6 is 21.6 Å². The molecule has 1 aliphatic carbocycles. The first-order valence-corrected chi connectivity index (χ1v) is 16.4. The normalized spacial score (nSPS) is 26.4. The minimum absolute atomic E-state index is 0.00593. The first kappa shape index (κ1) is 30.1. The van der Waals surface area contributed by atoms with Crippen LogP contribution in [-0.4, -0.2) is 40.3 Å². The fourth-order valence-electron chi connectivity index (χ4n) is 5.67. The van der Waals surface area contributed by atoms with Gasteiger partial charge >= 0.3 is 0 Å². The summed E-state index contributed by atoms with van der Waals surface area (Å²) in [6.45, 7) is 2.13. The zero-order chi connectivity index (χ0) is 29.8. The molecule has 0 spiro atoms. The third kappa shape index (κ3) is 6.64. The van der Waals surface area contributed by atoms with Crippen molar-refractivity contribution < 1.29 is 24.5 Å². The average molecular weight is 605 g/mol. The Morgan fingerprint density at radius 3 is 2.69 bits per heavy atom. The molecule has 0 saturated carbocycles. The molecule has 42 heavy (non-hydrogen) atoms. The Bertz CT molecular complexity index is 1480. The number of benzene rings is 2. The third-order valence-corrected chi connectivity index (χ3v) is 11.2. The Labute approximate surface area is 254 Å². The number of methoxy groups -OCH3 is 1. The van der Waals surface area contributed by atoms with Gasteiger partial charge in [0, 0.05) is 23.8 Å². The van der Waals surface area contributed by atoms with Crippen LogP contribution in [0.25, 0.3) is 6.08 Å². The summed E-state index contributed by atoms with van der Waals surface area (Å²) in [6.07, 6.45) is 12.9. The number of dihydropyridines is 1. The Hall–Kier alpha value is -3.40. The van der Waals surface area contributed by atoms with Gasteiger partial charge < -0.3 is 26.0 Å². The van der Waals surface area contributed by atoms with E-state index in [0.29, 0.717) is 24.2 Å². The molecule has 7 nitrogen and oxygen atoms in total. The van der Waals surface area contributed by atoms with Gasteiger partial charge in [-0.15, -0.1) is 0 Å². The minimum atomic E-state index is -0.442. The van der Waals surface area contributed by atoms with Gasteiger partial charge in [-0.2, -0.15) is 0 Å². The van der Waals surface area contributed by atoms with Crippen molar-refractivity contribution >= 4 is 39.2 Å². The lowest BCUT2D eigenvalue weighted by Gasteiger charge is -2.33. The molecular weight excluding hydrogens is 569 g/mol. The molecule has 5 unspecified atom stereocenters. The number of nitrogens with one attached hydrogen (secondary N) is 1. The highest BCUT2D eigenvalue weighted by Crippen LogP contribution is 2.51. The molecule has 0 fully saturated rings. The molecule has 5 atom stereocenters. The van der Waals surface area contributed by atoms with Crippen molar-refractivity contribution in [2.24, 2.45) is 11.7 Å². The van der Waals surface area contributed by atoms with Crippen LogP contribution < -0.4 is 15.8 Å². The zero-order valence-corrected chi connectivity index (χ0v) is 25.3. The maximum absolute atomic E-state index is 12.8. The zero-order valence-electron chi connectivity index (χ0n) is 23.7. The van der Waals surface area contributed by atoms with E-state index in [-0.39, 0.29) is 51.8 Å². The van der Waals surface area contributed by atoms with Gasteiger partial charge in [-0.05, 0) is 70.5 Å². The van der Waals surface area contributed by atoms with E-state index in [1.165, 1.54) is 13.2 Å². The molecule has 0 aromatic heterocycles. The smallest absolute Gasteiger partial charge is 0.163 e. The number of Topliss-reactive ketones (excluding diaryl/α,β-unsaturated/α-hetero) is 1. The SMILES string of the molecule is CCC1CCC(=O)CC(=O)C=Cc2cc(OC)c(O)cc2C2C=CC1SSC(c1cccc(O)c1)C1=CC2=CNC1N. The second-order valence-electron chi connectivity index (χ2n) is 10.8. The van der Waals surface area contributed by atoms with E-state index in [4.69, 9.17) is 10.5 Å². The molecule has 9 heteroatoms. The molecule has 3 aliphatic rings. The van der Waals surface area contributed by atoms with E-state index >= 15 is 0 Å². The highest BCUT2D eigenvalue weighted by Gasteiger charge is 2.32. The average Bonchev–Trinajstić information content (AvgIpc) is 2.97. The first-order chi connectivity index (χ1) is 20.3. The minimum Gasteiger partial charge on any atom is -0.508 e. The Kier molecular flexibility index (Phi) is 9.50. The molecule has 2 aliphatic heterocycles. The molecule has 0 saturated heterocycles. The van der Waals surface area contributed by atoms with Crippen LogP contribution in [0.5, 0.6) is 17.2 Å². The van der Waals surface area contributed by atoms with Gasteiger partial charge in [-0.1, -0.05) is 71.4 Å². The molecule has 2 aromatic carbocycles. The summed E-state index contributed by atoms with van der Waals surface area (Å²) in [5.41, 5.74) is 11.0. The fraction of sp³-hybridized carbons (Fsp3) is 0.333. The highest BCUT2D eigenvalue weighted by atomic mass is 33.1. The van der Waals surface area contributed by atoms with E-state index in [1.54, 1.807) is 51.9 Å². The van der Waals surface area contributed by atoms with Crippen molar-refractivity contribution in [2.45, 2.75) is 55.2 Å². The predicted molar refractivity (Wildman–Crippen MR) is 170 cm³/mol. The van der Waals surface area contributed by atoms with Crippen molar-refractivity contribution in [1.29, 1.82) is 0 Å². The van der Waals surface area contributed by atoms with Crippen molar-refractivity contribution in [3.8, 4) is 17.2 Å². The third-order valence-electron chi connectivity index (χ3n) is 8.04. The number of phenolic OH excluding ortho intramolecular Hbond substituents is 2. The van der Waals surface area contributed by atoms with Crippen LogP contribution in [0, 0.1) is 5.92 Å². The molecule has 4 bridgehead atoms. The summed E-state index contributed by atoms with van der Waals surface area (Å²) in [4.78, 5) is 25.5. The van der Waals surface area contributed by atoms with Crippen molar-refractivity contribution in [3.63, 3.8) is 0 Å². The Balaban J connectivity index is 1.72. The molecule has 5 N–H and O–H groups in total. The summed E-state index contributed by atoms with van der Waals surface area (Å²) in [7, 11) is 4.93. The number of carbonyl (C=O) groups excluding carboxylic acids is 2. The standard InChI is InChI=1S/C33H36N2O5S2/c1-3-19-7-9-24(37)16-25(38)10-8-20-15-30(40-2)29(39)17-27(20)26-11-12-31(19)41-42-32(21-5-4-6-23(36)13-21)28-14-22(26)18-35-33(28)34/h4-6,8,10-15,17-19,26,31-33,35-36,39H,3,7,9,16,34H2,1-2H3. The number of allylic oxidation sites excluding steroid dienone is 4. The van der Waals surface area contributed by atoms with Crippen molar-refractivity contribution in [1.82, 2.24) is 5.32 Å². The molecule has 2 heterocycles. The van der Waals surface area contributed by atoms with Gasteiger partial charge in [-0.3, -0.25) is 9.59 Å².